The van der Waals surface area contributed by atoms with Crippen LogP contribution in [0.25, 0.3) is 0 Å². The maximum Gasteiger partial charge on any atom is 0.255 e. The van der Waals surface area contributed by atoms with Crippen LogP contribution < -0.4 is 0 Å². The van der Waals surface area contributed by atoms with Crippen molar-refractivity contribution in [2.45, 2.75) is 18.9 Å². The van der Waals surface area contributed by atoms with Gasteiger partial charge in [0.25, 0.3) is 5.91 Å². The molecule has 2 saturated heterocycles. The van der Waals surface area contributed by atoms with Crippen LogP contribution in [0.5, 0.6) is 0 Å². The Bertz CT molecular complexity index is 590. The highest BCUT2D eigenvalue weighted by Gasteiger charge is 2.28. The number of nitrogens with zero attached hydrogens (tertiary/aromatic N) is 2. The summed E-state index contributed by atoms with van der Waals surface area (Å²) in [6.07, 6.45) is 1.63. The standard InChI is InChI=1S/C18H24ClFN2O3/c19-17-13-14(20)1-2-16(17)18(23)22(15-3-9-24-10-4-15)6-5-21-7-11-25-12-8-21/h1-2,13,15H,3-12H2. The van der Waals surface area contributed by atoms with Crippen molar-refractivity contribution in [2.75, 3.05) is 52.6 Å². The fourth-order valence-corrected chi connectivity index (χ4v) is 3.59. The Morgan fingerprint density at radius 2 is 1.88 bits per heavy atom. The highest BCUT2D eigenvalue weighted by Crippen LogP contribution is 2.23. The van der Waals surface area contributed by atoms with E-state index in [4.69, 9.17) is 21.1 Å². The first kappa shape index (κ1) is 18.6. The maximum atomic E-state index is 13.3. The minimum absolute atomic E-state index is 0.128. The fraction of sp³-hybridized carbons (Fsp3) is 0.611. The van der Waals surface area contributed by atoms with Gasteiger partial charge in [0.05, 0.1) is 23.8 Å². The van der Waals surface area contributed by atoms with Crippen molar-refractivity contribution in [3.05, 3.63) is 34.6 Å². The van der Waals surface area contributed by atoms with Gasteiger partial charge in [0.2, 0.25) is 0 Å². The second-order valence-corrected chi connectivity index (χ2v) is 6.83. The molecule has 2 aliphatic rings. The lowest BCUT2D eigenvalue weighted by Crippen LogP contribution is -2.48. The summed E-state index contributed by atoms with van der Waals surface area (Å²) in [7, 11) is 0. The lowest BCUT2D eigenvalue weighted by atomic mass is 10.0. The molecule has 1 aromatic rings. The molecule has 1 aromatic carbocycles. The molecule has 0 radical (unpaired) electrons. The van der Waals surface area contributed by atoms with Crippen molar-refractivity contribution in [1.82, 2.24) is 9.80 Å². The summed E-state index contributed by atoms with van der Waals surface area (Å²) >= 11 is 6.12. The Hall–Kier alpha value is -1.21. The monoisotopic (exact) mass is 370 g/mol. The first-order chi connectivity index (χ1) is 12.1. The van der Waals surface area contributed by atoms with E-state index in [9.17, 15) is 9.18 Å². The molecule has 0 bridgehead atoms. The highest BCUT2D eigenvalue weighted by molar-refractivity contribution is 6.33. The molecule has 0 saturated carbocycles. The number of morpholine rings is 1. The van der Waals surface area contributed by atoms with Gasteiger partial charge >= 0.3 is 0 Å². The van der Waals surface area contributed by atoms with Crippen molar-refractivity contribution >= 4 is 17.5 Å². The second kappa shape index (κ2) is 8.94. The van der Waals surface area contributed by atoms with E-state index in [1.807, 2.05) is 4.90 Å². The molecule has 3 rings (SSSR count). The van der Waals surface area contributed by atoms with Crippen LogP contribution in [0, 0.1) is 5.82 Å². The number of ether oxygens (including phenoxy) is 2. The van der Waals surface area contributed by atoms with E-state index in [0.29, 0.717) is 25.3 Å². The van der Waals surface area contributed by atoms with Gasteiger partial charge in [0.1, 0.15) is 5.82 Å². The average Bonchev–Trinajstić information content (AvgIpc) is 2.63. The zero-order valence-corrected chi connectivity index (χ0v) is 15.0. The minimum Gasteiger partial charge on any atom is -0.381 e. The van der Waals surface area contributed by atoms with E-state index >= 15 is 0 Å². The average molecular weight is 371 g/mol. The number of hydrogen-bond donors (Lipinski definition) is 0. The molecule has 138 valence electrons. The fourth-order valence-electron chi connectivity index (χ4n) is 3.34. The quantitative estimate of drug-likeness (QED) is 0.798. The molecular weight excluding hydrogens is 347 g/mol. The van der Waals surface area contributed by atoms with Gasteiger partial charge in [0.15, 0.2) is 0 Å². The first-order valence-electron chi connectivity index (χ1n) is 8.79. The molecule has 0 spiro atoms. The van der Waals surface area contributed by atoms with Crippen LogP contribution in [-0.4, -0.2) is 74.4 Å². The van der Waals surface area contributed by atoms with Gasteiger partial charge in [0, 0.05) is 45.4 Å². The molecule has 25 heavy (non-hydrogen) atoms. The van der Waals surface area contributed by atoms with Crippen LogP contribution in [-0.2, 0) is 9.47 Å². The number of amides is 1. The Morgan fingerprint density at radius 1 is 1.20 bits per heavy atom. The lowest BCUT2D eigenvalue weighted by Gasteiger charge is -2.36. The molecule has 2 fully saturated rings. The maximum absolute atomic E-state index is 13.3. The summed E-state index contributed by atoms with van der Waals surface area (Å²) in [6.45, 7) is 5.96. The van der Waals surface area contributed by atoms with E-state index < -0.39 is 5.82 Å². The molecular formula is C18H24ClFN2O3. The molecule has 2 aliphatic heterocycles. The summed E-state index contributed by atoms with van der Waals surface area (Å²) in [5, 5.41) is 0.161. The summed E-state index contributed by atoms with van der Waals surface area (Å²) < 4.78 is 24.1. The van der Waals surface area contributed by atoms with E-state index in [1.165, 1.54) is 18.2 Å². The third-order valence-electron chi connectivity index (χ3n) is 4.81. The van der Waals surface area contributed by atoms with Crippen molar-refractivity contribution in [2.24, 2.45) is 0 Å². The topological polar surface area (TPSA) is 42.0 Å². The Balaban J connectivity index is 1.73. The zero-order chi connectivity index (χ0) is 17.6. The summed E-state index contributed by atoms with van der Waals surface area (Å²) in [5.41, 5.74) is 0.358. The molecule has 0 atom stereocenters. The van der Waals surface area contributed by atoms with E-state index in [-0.39, 0.29) is 17.0 Å². The van der Waals surface area contributed by atoms with Gasteiger partial charge in [-0.2, -0.15) is 0 Å². The van der Waals surface area contributed by atoms with E-state index in [2.05, 4.69) is 4.90 Å². The third-order valence-corrected chi connectivity index (χ3v) is 5.13. The molecule has 0 N–H and O–H groups in total. The molecule has 7 heteroatoms. The van der Waals surface area contributed by atoms with E-state index in [0.717, 1.165) is 45.7 Å². The van der Waals surface area contributed by atoms with Gasteiger partial charge in [-0.15, -0.1) is 0 Å². The van der Waals surface area contributed by atoms with Crippen LogP contribution >= 0.6 is 11.6 Å². The minimum atomic E-state index is -0.438. The Kier molecular flexibility index (Phi) is 6.64. The van der Waals surface area contributed by atoms with Crippen molar-refractivity contribution in [3.63, 3.8) is 0 Å². The molecule has 0 unspecified atom stereocenters. The van der Waals surface area contributed by atoms with Crippen LogP contribution in [0.2, 0.25) is 5.02 Å². The predicted molar refractivity (Wildman–Crippen MR) is 93.5 cm³/mol. The SMILES string of the molecule is O=C(c1ccc(F)cc1Cl)N(CCN1CCOCC1)C1CCOCC1. The summed E-state index contributed by atoms with van der Waals surface area (Å²) in [4.78, 5) is 17.3. The van der Waals surface area contributed by atoms with Gasteiger partial charge in [-0.1, -0.05) is 11.6 Å². The van der Waals surface area contributed by atoms with Gasteiger partial charge < -0.3 is 14.4 Å². The smallest absolute Gasteiger partial charge is 0.255 e. The third kappa shape index (κ3) is 4.91. The second-order valence-electron chi connectivity index (χ2n) is 6.42. The zero-order valence-electron chi connectivity index (χ0n) is 14.3. The number of hydrogen-bond acceptors (Lipinski definition) is 4. The van der Waals surface area contributed by atoms with Gasteiger partial charge in [-0.3, -0.25) is 9.69 Å². The Morgan fingerprint density at radius 3 is 2.56 bits per heavy atom. The van der Waals surface area contributed by atoms with Gasteiger partial charge in [-0.25, -0.2) is 4.39 Å². The number of benzene rings is 1. The van der Waals surface area contributed by atoms with Gasteiger partial charge in [-0.05, 0) is 31.0 Å². The first-order valence-corrected chi connectivity index (χ1v) is 9.17. The summed E-state index contributed by atoms with van der Waals surface area (Å²) in [5.74, 6) is -0.572. The van der Waals surface area contributed by atoms with Crippen LogP contribution in [0.1, 0.15) is 23.2 Å². The molecule has 0 aromatic heterocycles. The van der Waals surface area contributed by atoms with Crippen LogP contribution in [0.4, 0.5) is 4.39 Å². The van der Waals surface area contributed by atoms with Crippen LogP contribution in [0.3, 0.4) is 0 Å². The molecule has 5 nitrogen and oxygen atoms in total. The Labute approximate surface area is 152 Å². The molecule has 2 heterocycles. The van der Waals surface area contributed by atoms with Crippen molar-refractivity contribution in [3.8, 4) is 0 Å². The predicted octanol–water partition coefficient (Wildman–Crippen LogP) is 2.43. The highest BCUT2D eigenvalue weighted by atomic mass is 35.5. The van der Waals surface area contributed by atoms with Crippen molar-refractivity contribution < 1.29 is 18.7 Å². The van der Waals surface area contributed by atoms with Crippen molar-refractivity contribution in [1.29, 1.82) is 0 Å². The number of rotatable bonds is 5. The number of carbonyl (C=O) groups excluding carboxylic acids is 1. The lowest BCUT2D eigenvalue weighted by molar-refractivity contribution is 0.0141. The largest absolute Gasteiger partial charge is 0.381 e. The van der Waals surface area contributed by atoms with E-state index in [1.54, 1.807) is 0 Å². The normalized spacial score (nSPS) is 19.8. The summed E-state index contributed by atoms with van der Waals surface area (Å²) in [6, 6.07) is 4.08. The number of halogens is 2. The number of carbonyl (C=O) groups is 1. The molecule has 1 amide bonds. The molecule has 0 aliphatic carbocycles. The van der Waals surface area contributed by atoms with Crippen LogP contribution in [0.15, 0.2) is 18.2 Å².